The quantitative estimate of drug-likeness (QED) is 0.105. The van der Waals surface area contributed by atoms with Gasteiger partial charge in [0, 0.05) is 55.8 Å². The first-order valence-corrected chi connectivity index (χ1v) is 31.8. The van der Waals surface area contributed by atoms with Crippen LogP contribution in [0.25, 0.3) is 0 Å². The van der Waals surface area contributed by atoms with E-state index in [1.54, 1.807) is 0 Å². The van der Waals surface area contributed by atoms with Crippen LogP contribution in [0.3, 0.4) is 0 Å². The normalized spacial score (nSPS) is 14.4. The number of nitrogens with zero attached hydrogens (tertiary/aromatic N) is 6. The molecule has 0 spiro atoms. The molecule has 0 unspecified atom stereocenters. The first-order valence-electron chi connectivity index (χ1n) is 27.7. The molecule has 3 heterocycles. The molecular formula is C66H94N6NiPSi3+. The van der Waals surface area contributed by atoms with E-state index in [0.717, 1.165) is 68.8 Å². The molecule has 0 saturated heterocycles. The van der Waals surface area contributed by atoms with Crippen LogP contribution in [0.4, 0.5) is 34.1 Å². The van der Waals surface area contributed by atoms with Crippen LogP contribution >= 0.6 is 7.92 Å². The van der Waals surface area contributed by atoms with Gasteiger partial charge >= 0.3 is 29.5 Å². The summed E-state index contributed by atoms with van der Waals surface area (Å²) in [4.78, 5) is 0. The van der Waals surface area contributed by atoms with E-state index in [2.05, 4.69) is 316 Å². The average molecular weight is 1150 g/mol. The van der Waals surface area contributed by atoms with Gasteiger partial charge in [-0.2, -0.15) is 0 Å². The Kier molecular flexibility index (Phi) is 22.1. The molecule has 0 aromatic heterocycles. The Labute approximate surface area is 488 Å². The molecule has 0 atom stereocenters. The van der Waals surface area contributed by atoms with Crippen LogP contribution in [0.15, 0.2) is 164 Å². The maximum Gasteiger partial charge on any atom is 0.332 e. The number of hydrogen-bond acceptors (Lipinski definition) is 6. The van der Waals surface area contributed by atoms with Crippen LogP contribution < -0.4 is 43.3 Å². The molecule has 9 rings (SSSR count). The summed E-state index contributed by atoms with van der Waals surface area (Å²) >= 11 is 0. The molecule has 0 amide bonds. The predicted octanol–water partition coefficient (Wildman–Crippen LogP) is 15.0. The smallest absolute Gasteiger partial charge is 0.332 e. The summed E-state index contributed by atoms with van der Waals surface area (Å²) in [6, 6.07) is 59.0. The Balaban J connectivity index is 0.000000189. The summed E-state index contributed by atoms with van der Waals surface area (Å²) in [6.45, 7) is 48.3. The van der Waals surface area contributed by atoms with E-state index in [1.807, 2.05) is 0 Å². The second-order valence-corrected chi connectivity index (χ2v) is 34.4. The molecule has 0 fully saturated rings. The van der Waals surface area contributed by atoms with Gasteiger partial charge in [-0.05, 0) is 105 Å². The molecule has 0 saturated carbocycles. The van der Waals surface area contributed by atoms with Gasteiger partial charge in [0.25, 0.3) is 0 Å². The fraction of sp³-hybridized carbons (Fsp3) is 0.455. The number of anilines is 6. The second-order valence-electron chi connectivity index (χ2n) is 28.1. The van der Waals surface area contributed by atoms with Crippen molar-refractivity contribution in [2.24, 2.45) is 32.5 Å². The second kappa shape index (κ2) is 26.8. The zero-order chi connectivity index (χ0) is 55.7. The zero-order valence-electron chi connectivity index (χ0n) is 50.3. The van der Waals surface area contributed by atoms with Gasteiger partial charge in [0.05, 0.1) is 42.0 Å². The van der Waals surface area contributed by atoms with E-state index in [9.17, 15) is 0 Å². The van der Waals surface area contributed by atoms with Gasteiger partial charge in [-0.25, -0.2) is 0 Å². The van der Waals surface area contributed by atoms with E-state index in [-0.39, 0.29) is 16.5 Å². The van der Waals surface area contributed by atoms with Crippen molar-refractivity contribution >= 4 is 87.5 Å². The van der Waals surface area contributed by atoms with E-state index >= 15 is 0 Å². The molecule has 414 valence electrons. The van der Waals surface area contributed by atoms with Crippen molar-refractivity contribution in [1.29, 1.82) is 0 Å². The van der Waals surface area contributed by atoms with Crippen LogP contribution in [0.2, 0.25) is 0 Å². The number of benzene rings is 6. The van der Waals surface area contributed by atoms with E-state index < -0.39 is 7.92 Å². The molecule has 77 heavy (non-hydrogen) atoms. The molecule has 11 heteroatoms. The third kappa shape index (κ3) is 20.4. The Bertz CT molecular complexity index is 2280. The van der Waals surface area contributed by atoms with Crippen molar-refractivity contribution in [2.75, 3.05) is 66.7 Å². The van der Waals surface area contributed by atoms with Crippen molar-refractivity contribution in [3.8, 4) is 0 Å². The van der Waals surface area contributed by atoms with Gasteiger partial charge in [0.1, 0.15) is 15.9 Å². The Morgan fingerprint density at radius 2 is 0.390 bits per heavy atom. The molecule has 6 radical (unpaired) electrons. The van der Waals surface area contributed by atoms with Gasteiger partial charge in [-0.3, -0.25) is 0 Å². The van der Waals surface area contributed by atoms with Gasteiger partial charge < -0.3 is 27.4 Å². The third-order valence-corrected chi connectivity index (χ3v) is 18.7. The van der Waals surface area contributed by atoms with Crippen LogP contribution in [0.5, 0.6) is 0 Å². The van der Waals surface area contributed by atoms with Crippen LogP contribution in [-0.2, 0) is 16.5 Å². The van der Waals surface area contributed by atoms with Gasteiger partial charge in [-0.1, -0.05) is 216 Å². The van der Waals surface area contributed by atoms with E-state index in [4.69, 9.17) is 0 Å². The molecule has 0 bridgehead atoms. The summed E-state index contributed by atoms with van der Waals surface area (Å²) in [5.74, 6) is 0. The molecule has 0 aliphatic carbocycles. The summed E-state index contributed by atoms with van der Waals surface area (Å²) in [7, 11) is 1.35. The molecular weight excluding hydrogens is 1050 g/mol. The Hall–Kier alpha value is -4.31. The van der Waals surface area contributed by atoms with Crippen LogP contribution in [0, 0.1) is 32.5 Å². The molecule has 6 aromatic carbocycles. The van der Waals surface area contributed by atoms with Crippen LogP contribution in [-0.4, -0.2) is 68.8 Å². The molecule has 0 N–H and O–H groups in total. The Morgan fingerprint density at radius 1 is 0.247 bits per heavy atom. The minimum absolute atomic E-state index is 0. The first-order chi connectivity index (χ1) is 35.4. The number of fused-ring (bicyclic) bond motifs is 3. The van der Waals surface area contributed by atoms with Crippen LogP contribution in [0.1, 0.15) is 125 Å². The monoisotopic (exact) mass is 1140 g/mol. The average Bonchev–Trinajstić information content (AvgIpc) is 3.94. The summed E-state index contributed by atoms with van der Waals surface area (Å²) in [6.07, 6.45) is 0. The molecule has 6 aromatic rings. The van der Waals surface area contributed by atoms with E-state index in [0.29, 0.717) is 32.5 Å². The van der Waals surface area contributed by atoms with Crippen molar-refractivity contribution in [3.05, 3.63) is 164 Å². The molecule has 3 aliphatic rings. The third-order valence-electron chi connectivity index (χ3n) is 12.1. The topological polar surface area (TPSA) is 19.4 Å². The molecule has 6 nitrogen and oxygen atoms in total. The fourth-order valence-electron chi connectivity index (χ4n) is 9.41. The summed E-state index contributed by atoms with van der Waals surface area (Å²) < 4.78 is 15.3. The van der Waals surface area contributed by atoms with Crippen molar-refractivity contribution < 1.29 is 16.5 Å². The number of hydrogen-bond donors (Lipinski definition) is 0. The maximum atomic E-state index is 2.54. The zero-order valence-corrected chi connectivity index (χ0v) is 55.3. The Morgan fingerprint density at radius 3 is 0.532 bits per heavy atom. The standard InChI is InChI=1S/C18H15P.3C16H26N2Si.Ni/c1-4-10-16(11-5-1)19(17-12-6-2-7-13-17)18-14-8-3-9-15-18;3*1-15(2,3)11-17-13-9-7-8-10-14(13)18(19-17)12-16(4,5)6;/h1-15H;3*7-10H,11-12H2,1-6H3;/p+1. The SMILES string of the molecule is CC(C)(C)CN1[Si]N(CC(C)(C)C)c2ccccc21.CC(C)(C)CN1[Si]N(CC(C)(C)C)c2ccccc21.CC(C)(C)CN1[Si]N(CC(C)(C)C)c2ccccc21.[Ni].c1ccc([PH+](c2ccccc2)c2ccccc2)cc1. The van der Waals surface area contributed by atoms with E-state index in [1.165, 1.54) is 50.0 Å². The van der Waals surface area contributed by atoms with Crippen molar-refractivity contribution in [3.63, 3.8) is 0 Å². The van der Waals surface area contributed by atoms with Gasteiger partial charge in [-0.15, -0.1) is 0 Å². The molecule has 3 aliphatic heterocycles. The minimum Gasteiger partial charge on any atom is -0.378 e. The van der Waals surface area contributed by atoms with Gasteiger partial charge in [0.15, 0.2) is 0 Å². The van der Waals surface area contributed by atoms with Crippen molar-refractivity contribution in [1.82, 2.24) is 0 Å². The maximum absolute atomic E-state index is 2.54. The number of para-hydroxylation sites is 6. The van der Waals surface area contributed by atoms with Gasteiger partial charge in [0.2, 0.25) is 0 Å². The first kappa shape index (κ1) is 63.5. The number of rotatable bonds is 9. The minimum atomic E-state index is -0.877. The fourth-order valence-corrected chi connectivity index (χ4v) is 17.9. The largest absolute Gasteiger partial charge is 0.378 e. The summed E-state index contributed by atoms with van der Waals surface area (Å²) in [5, 5.41) is 4.31. The predicted molar refractivity (Wildman–Crippen MR) is 344 cm³/mol. The van der Waals surface area contributed by atoms with Crippen molar-refractivity contribution in [2.45, 2.75) is 125 Å². The summed E-state index contributed by atoms with van der Waals surface area (Å²) in [5.41, 5.74) is 10.4.